The van der Waals surface area contributed by atoms with E-state index >= 15 is 0 Å². The van der Waals surface area contributed by atoms with Crippen LogP contribution < -0.4 is 5.73 Å². The monoisotopic (exact) mass is 225 g/mol. The molecule has 3 heteroatoms. The van der Waals surface area contributed by atoms with Gasteiger partial charge in [-0.25, -0.2) is 0 Å². The van der Waals surface area contributed by atoms with E-state index in [1.807, 2.05) is 0 Å². The second-order valence-electron chi connectivity index (χ2n) is 4.53. The molecule has 1 saturated heterocycles. The summed E-state index contributed by atoms with van der Waals surface area (Å²) < 4.78 is 5.73. The van der Waals surface area contributed by atoms with E-state index in [-0.39, 0.29) is 12.1 Å². The molecule has 2 heterocycles. The summed E-state index contributed by atoms with van der Waals surface area (Å²) in [5.41, 5.74) is 7.60. The van der Waals surface area contributed by atoms with Gasteiger partial charge in [-0.1, -0.05) is 6.92 Å². The van der Waals surface area contributed by atoms with Crippen molar-refractivity contribution >= 4 is 11.3 Å². The van der Waals surface area contributed by atoms with Crippen LogP contribution in [0, 0.1) is 19.8 Å². The van der Waals surface area contributed by atoms with Crippen LogP contribution in [0.5, 0.6) is 0 Å². The Hall–Kier alpha value is -0.380. The average molecular weight is 225 g/mol. The zero-order chi connectivity index (χ0) is 11.0. The molecule has 0 saturated carbocycles. The quantitative estimate of drug-likeness (QED) is 0.840. The fourth-order valence-corrected chi connectivity index (χ4v) is 3.39. The summed E-state index contributed by atoms with van der Waals surface area (Å²) in [4.78, 5) is 2.63. The molecule has 0 radical (unpaired) electrons. The van der Waals surface area contributed by atoms with E-state index in [0.29, 0.717) is 5.92 Å². The van der Waals surface area contributed by atoms with Crippen LogP contribution in [0.3, 0.4) is 0 Å². The molecule has 0 aliphatic carbocycles. The Morgan fingerprint density at radius 2 is 2.27 bits per heavy atom. The Balaban J connectivity index is 2.19. The van der Waals surface area contributed by atoms with E-state index in [1.54, 1.807) is 11.3 Å². The number of ether oxygens (including phenoxy) is 1. The van der Waals surface area contributed by atoms with Crippen molar-refractivity contribution in [2.45, 2.75) is 39.3 Å². The molecule has 2 nitrogen and oxygen atoms in total. The third-order valence-electron chi connectivity index (χ3n) is 3.18. The highest BCUT2D eigenvalue weighted by molar-refractivity contribution is 7.12. The lowest BCUT2D eigenvalue weighted by Crippen LogP contribution is -2.29. The van der Waals surface area contributed by atoms with Gasteiger partial charge in [0.1, 0.15) is 0 Å². The van der Waals surface area contributed by atoms with Gasteiger partial charge < -0.3 is 10.5 Å². The van der Waals surface area contributed by atoms with Crippen molar-refractivity contribution in [3.63, 3.8) is 0 Å². The van der Waals surface area contributed by atoms with Crippen molar-refractivity contribution < 1.29 is 4.74 Å². The van der Waals surface area contributed by atoms with E-state index in [2.05, 4.69) is 26.8 Å². The minimum atomic E-state index is 0.0567. The maximum absolute atomic E-state index is 6.29. The highest BCUT2D eigenvalue weighted by atomic mass is 32.1. The Kier molecular flexibility index (Phi) is 3.14. The van der Waals surface area contributed by atoms with Gasteiger partial charge in [-0.05, 0) is 37.8 Å². The van der Waals surface area contributed by atoms with Crippen molar-refractivity contribution in [1.82, 2.24) is 0 Å². The minimum Gasteiger partial charge on any atom is -0.376 e. The SMILES string of the molecule is Cc1cc(C)c(C(N)C2OCCC2C)s1. The lowest BCUT2D eigenvalue weighted by molar-refractivity contribution is 0.0732. The first-order chi connectivity index (χ1) is 7.09. The van der Waals surface area contributed by atoms with Gasteiger partial charge in [0.2, 0.25) is 0 Å². The molecule has 1 aliphatic rings. The van der Waals surface area contributed by atoms with Crippen LogP contribution in [0.4, 0.5) is 0 Å². The van der Waals surface area contributed by atoms with Gasteiger partial charge in [0.05, 0.1) is 12.1 Å². The Morgan fingerprint density at radius 3 is 2.73 bits per heavy atom. The maximum atomic E-state index is 6.29. The van der Waals surface area contributed by atoms with Gasteiger partial charge in [-0.15, -0.1) is 11.3 Å². The highest BCUT2D eigenvalue weighted by Gasteiger charge is 2.32. The number of hydrogen-bond donors (Lipinski definition) is 1. The largest absolute Gasteiger partial charge is 0.376 e. The van der Waals surface area contributed by atoms with Crippen LogP contribution in [0.1, 0.15) is 34.7 Å². The fourth-order valence-electron chi connectivity index (χ4n) is 2.32. The summed E-state index contributed by atoms with van der Waals surface area (Å²) in [5.74, 6) is 0.585. The van der Waals surface area contributed by atoms with E-state index in [1.165, 1.54) is 15.3 Å². The zero-order valence-corrected chi connectivity index (χ0v) is 10.4. The second kappa shape index (κ2) is 4.24. The number of aryl methyl sites for hydroxylation is 2. The lowest BCUT2D eigenvalue weighted by Gasteiger charge is -2.22. The van der Waals surface area contributed by atoms with Crippen molar-refractivity contribution in [3.05, 3.63) is 21.4 Å². The lowest BCUT2D eigenvalue weighted by atomic mass is 9.96. The number of hydrogen-bond acceptors (Lipinski definition) is 3. The molecule has 1 aromatic rings. The van der Waals surface area contributed by atoms with Gasteiger partial charge in [0.25, 0.3) is 0 Å². The van der Waals surface area contributed by atoms with Crippen molar-refractivity contribution in [1.29, 1.82) is 0 Å². The Morgan fingerprint density at radius 1 is 1.53 bits per heavy atom. The van der Waals surface area contributed by atoms with Crippen molar-refractivity contribution in [3.8, 4) is 0 Å². The molecule has 0 bridgehead atoms. The van der Waals surface area contributed by atoms with Gasteiger partial charge in [-0.3, -0.25) is 0 Å². The molecule has 2 rings (SSSR count). The smallest absolute Gasteiger partial charge is 0.0801 e. The predicted molar refractivity (Wildman–Crippen MR) is 64.2 cm³/mol. The van der Waals surface area contributed by atoms with Crippen LogP contribution in [-0.4, -0.2) is 12.7 Å². The number of thiophene rings is 1. The zero-order valence-electron chi connectivity index (χ0n) is 9.62. The summed E-state index contributed by atoms with van der Waals surface area (Å²) in [6, 6.07) is 2.26. The molecule has 84 valence electrons. The third kappa shape index (κ3) is 2.10. The predicted octanol–water partition coefficient (Wildman–Crippen LogP) is 2.79. The second-order valence-corrected chi connectivity index (χ2v) is 5.82. The molecule has 0 aromatic carbocycles. The molecule has 0 amide bonds. The molecule has 1 aromatic heterocycles. The summed E-state index contributed by atoms with van der Waals surface area (Å²) >= 11 is 1.81. The fraction of sp³-hybridized carbons (Fsp3) is 0.667. The molecule has 3 atom stereocenters. The Labute approximate surface area is 95.4 Å². The molecule has 15 heavy (non-hydrogen) atoms. The summed E-state index contributed by atoms with van der Waals surface area (Å²) in [5, 5.41) is 0. The minimum absolute atomic E-state index is 0.0567. The van der Waals surface area contributed by atoms with E-state index in [9.17, 15) is 0 Å². The van der Waals surface area contributed by atoms with Crippen molar-refractivity contribution in [2.75, 3.05) is 6.61 Å². The van der Waals surface area contributed by atoms with Crippen LogP contribution in [0.25, 0.3) is 0 Å². The standard InChI is InChI=1S/C12H19NOS/c1-7-4-5-14-11(7)10(13)12-8(2)6-9(3)15-12/h6-7,10-11H,4-5,13H2,1-3H3. The first-order valence-corrected chi connectivity index (χ1v) is 6.35. The maximum Gasteiger partial charge on any atom is 0.0801 e. The summed E-state index contributed by atoms with van der Waals surface area (Å²) in [6.45, 7) is 7.36. The average Bonchev–Trinajstić information content (AvgIpc) is 2.71. The first-order valence-electron chi connectivity index (χ1n) is 5.53. The molecule has 2 N–H and O–H groups in total. The molecule has 3 unspecified atom stereocenters. The third-order valence-corrected chi connectivity index (χ3v) is 4.43. The van der Waals surface area contributed by atoms with Crippen molar-refractivity contribution in [2.24, 2.45) is 11.7 Å². The molecule has 0 spiro atoms. The van der Waals surface area contributed by atoms with E-state index < -0.39 is 0 Å². The molecule has 1 fully saturated rings. The number of rotatable bonds is 2. The van der Waals surface area contributed by atoms with Crippen LogP contribution in [0.15, 0.2) is 6.07 Å². The number of nitrogens with two attached hydrogens (primary N) is 1. The van der Waals surface area contributed by atoms with E-state index in [4.69, 9.17) is 10.5 Å². The van der Waals surface area contributed by atoms with Crippen LogP contribution >= 0.6 is 11.3 Å². The van der Waals surface area contributed by atoms with Gasteiger partial charge in [0.15, 0.2) is 0 Å². The van der Waals surface area contributed by atoms with Crippen LogP contribution in [0.2, 0.25) is 0 Å². The Bertz CT molecular complexity index is 347. The topological polar surface area (TPSA) is 35.2 Å². The normalized spacial score (nSPS) is 28.3. The molecular formula is C12H19NOS. The first kappa shape index (κ1) is 11.1. The van der Waals surface area contributed by atoms with Gasteiger partial charge >= 0.3 is 0 Å². The van der Waals surface area contributed by atoms with Gasteiger partial charge in [-0.2, -0.15) is 0 Å². The van der Waals surface area contributed by atoms with E-state index in [0.717, 1.165) is 13.0 Å². The molecular weight excluding hydrogens is 206 g/mol. The van der Waals surface area contributed by atoms with Crippen LogP contribution in [-0.2, 0) is 4.74 Å². The molecule has 1 aliphatic heterocycles. The summed E-state index contributed by atoms with van der Waals surface area (Å²) in [7, 11) is 0. The van der Waals surface area contributed by atoms with Gasteiger partial charge in [0, 0.05) is 16.4 Å². The summed E-state index contributed by atoms with van der Waals surface area (Å²) in [6.07, 6.45) is 1.35. The highest BCUT2D eigenvalue weighted by Crippen LogP contribution is 2.34.